The minimum Gasteiger partial charge on any atom is -0.496 e. The maximum Gasteiger partial charge on any atom is 0.341 e. The number of allylic oxidation sites excluding steroid dienone is 1. The minimum atomic E-state index is -1.08. The highest BCUT2D eigenvalue weighted by Crippen LogP contribution is 2.35. The molecule has 1 N–H and O–H groups in total. The summed E-state index contributed by atoms with van der Waals surface area (Å²) in [5, 5.41) is 8.83. The Hall–Kier alpha value is -3.70. The Kier molecular flexibility index (Phi) is 7.94. The van der Waals surface area contributed by atoms with Crippen LogP contribution in [-0.2, 0) is 14.3 Å². The normalized spacial score (nSPS) is 15.1. The molecule has 2 aromatic carbocycles. The van der Waals surface area contributed by atoms with E-state index < -0.39 is 24.6 Å². The molecule has 0 aliphatic carbocycles. The zero-order valence-corrected chi connectivity index (χ0v) is 22.6. The number of nitrogens with zero attached hydrogens (tertiary/aromatic N) is 2. The number of carbonyl (C=O) groups is 2. The number of methoxy groups -OCH3 is 1. The van der Waals surface area contributed by atoms with Gasteiger partial charge in [-0.25, -0.2) is 14.6 Å². The number of ether oxygens (including phenoxy) is 3. The third-order valence-corrected chi connectivity index (χ3v) is 7.16. The van der Waals surface area contributed by atoms with Gasteiger partial charge in [-0.05, 0) is 59.6 Å². The van der Waals surface area contributed by atoms with E-state index in [9.17, 15) is 14.4 Å². The maximum absolute atomic E-state index is 13.7. The predicted octanol–water partition coefficient (Wildman–Crippen LogP) is 3.03. The summed E-state index contributed by atoms with van der Waals surface area (Å²) < 4.78 is 18.6. The predicted molar refractivity (Wildman–Crippen MR) is 141 cm³/mol. The van der Waals surface area contributed by atoms with Crippen molar-refractivity contribution in [2.75, 3.05) is 20.3 Å². The number of thiazole rings is 1. The van der Waals surface area contributed by atoms with Gasteiger partial charge in [-0.2, -0.15) is 0 Å². The largest absolute Gasteiger partial charge is 0.496 e. The van der Waals surface area contributed by atoms with E-state index in [4.69, 9.17) is 19.3 Å². The van der Waals surface area contributed by atoms with Crippen molar-refractivity contribution in [2.24, 2.45) is 4.99 Å². The number of para-hydroxylation sites is 1. The zero-order valence-electron chi connectivity index (χ0n) is 20.2. The zero-order chi connectivity index (χ0) is 26.7. The summed E-state index contributed by atoms with van der Waals surface area (Å²) in [5.74, 6) is -0.736. The lowest BCUT2D eigenvalue weighted by molar-refractivity contribution is -0.140. The number of aromatic nitrogens is 1. The smallest absolute Gasteiger partial charge is 0.341 e. The Labute approximate surface area is 224 Å². The van der Waals surface area contributed by atoms with Crippen LogP contribution in [0.2, 0.25) is 0 Å². The summed E-state index contributed by atoms with van der Waals surface area (Å²) in [6.07, 6.45) is 1.71. The van der Waals surface area contributed by atoms with Crippen molar-refractivity contribution < 1.29 is 28.9 Å². The molecule has 9 nitrogen and oxygen atoms in total. The number of hydrogen-bond donors (Lipinski definition) is 1. The summed E-state index contributed by atoms with van der Waals surface area (Å²) in [5.41, 5.74) is 1.74. The van der Waals surface area contributed by atoms with Gasteiger partial charge in [-0.15, -0.1) is 0 Å². The second kappa shape index (κ2) is 11.1. The number of carbonyl (C=O) groups excluding carboxylic acids is 1. The van der Waals surface area contributed by atoms with E-state index in [0.29, 0.717) is 42.1 Å². The van der Waals surface area contributed by atoms with Crippen LogP contribution in [0.4, 0.5) is 0 Å². The number of hydrogen-bond acceptors (Lipinski definition) is 8. The molecule has 0 saturated heterocycles. The lowest BCUT2D eigenvalue weighted by atomic mass is 9.95. The van der Waals surface area contributed by atoms with Crippen LogP contribution in [0.15, 0.2) is 68.0 Å². The number of esters is 1. The first-order valence-electron chi connectivity index (χ1n) is 11.2. The molecule has 1 aromatic heterocycles. The highest BCUT2D eigenvalue weighted by molar-refractivity contribution is 9.10. The molecule has 0 fully saturated rings. The Morgan fingerprint density at radius 2 is 1.97 bits per heavy atom. The van der Waals surface area contributed by atoms with Gasteiger partial charge in [-0.1, -0.05) is 35.6 Å². The van der Waals surface area contributed by atoms with E-state index in [0.717, 1.165) is 0 Å². The molecular formula is C26H23BrN2O7S. The second-order valence-corrected chi connectivity index (χ2v) is 9.78. The van der Waals surface area contributed by atoms with Gasteiger partial charge in [0.15, 0.2) is 11.4 Å². The average molecular weight is 587 g/mol. The summed E-state index contributed by atoms with van der Waals surface area (Å²) in [6, 6.07) is 11.5. The molecule has 0 amide bonds. The highest BCUT2D eigenvalue weighted by atomic mass is 79.9. The Bertz CT molecular complexity index is 1590. The topological polar surface area (TPSA) is 116 Å². The fraction of sp³-hybridized carbons (Fsp3) is 0.231. The molecule has 0 spiro atoms. The van der Waals surface area contributed by atoms with Crippen molar-refractivity contribution in [1.29, 1.82) is 0 Å². The monoisotopic (exact) mass is 586 g/mol. The molecule has 11 heteroatoms. The molecular weight excluding hydrogens is 564 g/mol. The van der Waals surface area contributed by atoms with Crippen LogP contribution in [-0.4, -0.2) is 41.9 Å². The highest BCUT2D eigenvalue weighted by Gasteiger charge is 2.34. The summed E-state index contributed by atoms with van der Waals surface area (Å²) in [7, 11) is 1.53. The lowest BCUT2D eigenvalue weighted by Crippen LogP contribution is -2.40. The molecule has 1 aliphatic rings. The Morgan fingerprint density at radius 3 is 2.65 bits per heavy atom. The first kappa shape index (κ1) is 26.4. The van der Waals surface area contributed by atoms with Crippen molar-refractivity contribution in [3.05, 3.63) is 89.0 Å². The van der Waals surface area contributed by atoms with Gasteiger partial charge in [-0.3, -0.25) is 9.36 Å². The van der Waals surface area contributed by atoms with E-state index >= 15 is 0 Å². The fourth-order valence-electron chi connectivity index (χ4n) is 3.99. The standard InChI is InChI=1S/C26H23BrN2O7S/c1-4-35-25(33)22-14(2)28-26-29(23(22)16-7-5-6-8-18(16)34-3)24(32)20(37-26)12-15-9-10-19(17(27)11-15)36-13-21(30)31/h5-12,23H,4,13H2,1-3H3,(H,30,31)/b20-12+/t23-/m1/s1. The third-order valence-electron chi connectivity index (χ3n) is 5.56. The van der Waals surface area contributed by atoms with Crippen molar-refractivity contribution in [3.63, 3.8) is 0 Å². The molecule has 3 aromatic rings. The first-order chi connectivity index (χ1) is 17.7. The van der Waals surface area contributed by atoms with E-state index in [2.05, 4.69) is 20.9 Å². The van der Waals surface area contributed by atoms with Crippen LogP contribution >= 0.6 is 27.3 Å². The molecule has 0 saturated carbocycles. The van der Waals surface area contributed by atoms with E-state index in [1.807, 2.05) is 18.2 Å². The van der Waals surface area contributed by atoms with Gasteiger partial charge in [0.2, 0.25) is 0 Å². The number of halogens is 1. The number of carboxylic acids is 1. The van der Waals surface area contributed by atoms with Gasteiger partial charge in [0.25, 0.3) is 5.56 Å². The molecule has 0 bridgehead atoms. The van der Waals surface area contributed by atoms with Crippen molar-refractivity contribution >= 4 is 45.3 Å². The van der Waals surface area contributed by atoms with E-state index in [1.165, 1.54) is 23.0 Å². The third kappa shape index (κ3) is 5.37. The quantitative estimate of drug-likeness (QED) is 0.403. The van der Waals surface area contributed by atoms with Crippen LogP contribution in [0.1, 0.15) is 31.0 Å². The number of carboxylic acid groups (broad SMARTS) is 1. The van der Waals surface area contributed by atoms with Gasteiger partial charge in [0.05, 0.1) is 34.0 Å². The van der Waals surface area contributed by atoms with Gasteiger partial charge in [0, 0.05) is 5.56 Å². The van der Waals surface area contributed by atoms with E-state index in [-0.39, 0.29) is 17.7 Å². The molecule has 192 valence electrons. The van der Waals surface area contributed by atoms with Crippen molar-refractivity contribution in [3.8, 4) is 11.5 Å². The summed E-state index contributed by atoms with van der Waals surface area (Å²) in [4.78, 5) is 42.6. The molecule has 37 heavy (non-hydrogen) atoms. The van der Waals surface area contributed by atoms with Crippen LogP contribution in [0.3, 0.4) is 0 Å². The van der Waals surface area contributed by atoms with Crippen LogP contribution in [0.5, 0.6) is 11.5 Å². The maximum atomic E-state index is 13.7. The minimum absolute atomic E-state index is 0.180. The molecule has 0 unspecified atom stereocenters. The molecule has 1 aliphatic heterocycles. The van der Waals surface area contributed by atoms with Crippen molar-refractivity contribution in [1.82, 2.24) is 4.57 Å². The summed E-state index contributed by atoms with van der Waals surface area (Å²) in [6.45, 7) is 3.15. The van der Waals surface area contributed by atoms with Gasteiger partial charge in [0.1, 0.15) is 17.5 Å². The number of aliphatic carboxylic acids is 1. The Morgan fingerprint density at radius 1 is 1.22 bits per heavy atom. The lowest BCUT2D eigenvalue weighted by Gasteiger charge is -2.25. The van der Waals surface area contributed by atoms with Crippen LogP contribution < -0.4 is 24.4 Å². The van der Waals surface area contributed by atoms with E-state index in [1.54, 1.807) is 44.2 Å². The number of benzene rings is 2. The Balaban J connectivity index is 1.87. The van der Waals surface area contributed by atoms with Gasteiger partial charge >= 0.3 is 11.9 Å². The number of fused-ring (bicyclic) bond motifs is 1. The fourth-order valence-corrected chi connectivity index (χ4v) is 5.55. The molecule has 4 rings (SSSR count). The number of rotatable bonds is 8. The first-order valence-corrected chi connectivity index (χ1v) is 12.8. The average Bonchev–Trinajstić information content (AvgIpc) is 3.16. The molecule has 0 radical (unpaired) electrons. The molecule has 2 heterocycles. The second-order valence-electron chi connectivity index (χ2n) is 7.92. The summed E-state index contributed by atoms with van der Waals surface area (Å²) >= 11 is 4.58. The van der Waals surface area contributed by atoms with Gasteiger partial charge < -0.3 is 19.3 Å². The van der Waals surface area contributed by atoms with Crippen molar-refractivity contribution in [2.45, 2.75) is 19.9 Å². The van der Waals surface area contributed by atoms with Crippen LogP contribution in [0.25, 0.3) is 6.08 Å². The van der Waals surface area contributed by atoms with Crippen LogP contribution in [0, 0.1) is 0 Å². The SMILES string of the molecule is CCOC(=O)C1=C(C)N=c2s/c(=C/c3ccc(OCC(=O)O)c(Br)c3)c(=O)n2[C@@H]1c1ccccc1OC. The molecule has 1 atom stereocenters.